The smallest absolute Gasteiger partial charge is 0.161 e. The average Bonchev–Trinajstić information content (AvgIpc) is 3.28. The van der Waals surface area contributed by atoms with E-state index in [9.17, 15) is 4.79 Å². The summed E-state index contributed by atoms with van der Waals surface area (Å²) in [4.78, 5) is 14.9. The third-order valence-electron chi connectivity index (χ3n) is 7.71. The minimum atomic E-state index is 0.141. The van der Waals surface area contributed by atoms with Crippen molar-refractivity contribution in [2.75, 3.05) is 6.54 Å². The van der Waals surface area contributed by atoms with Gasteiger partial charge < -0.3 is 4.57 Å². The number of halogens is 1. The van der Waals surface area contributed by atoms with E-state index >= 15 is 0 Å². The summed E-state index contributed by atoms with van der Waals surface area (Å²) in [6.07, 6.45) is 11.2. The maximum absolute atomic E-state index is 12.1. The molecule has 0 saturated carbocycles. The van der Waals surface area contributed by atoms with Crippen molar-refractivity contribution in [1.29, 1.82) is 0 Å². The van der Waals surface area contributed by atoms with Crippen LogP contribution in [0.2, 0.25) is 0 Å². The summed E-state index contributed by atoms with van der Waals surface area (Å²) in [7, 11) is 0. The number of carbonyl (C=O) groups is 1. The Morgan fingerprint density at radius 3 is 2.47 bits per heavy atom. The van der Waals surface area contributed by atoms with Crippen LogP contribution in [0.3, 0.4) is 0 Å². The normalized spacial score (nSPS) is 23.1. The lowest BCUT2D eigenvalue weighted by Crippen LogP contribution is -2.43. The lowest BCUT2D eigenvalue weighted by Gasteiger charge is -2.39. The summed E-state index contributed by atoms with van der Waals surface area (Å²) < 4.78 is 3.35. The zero-order chi connectivity index (χ0) is 22.1. The fraction of sp³-hybridized carbons (Fsp3) is 0.464. The molecule has 32 heavy (non-hydrogen) atoms. The highest BCUT2D eigenvalue weighted by atomic mass is 79.9. The van der Waals surface area contributed by atoms with Crippen LogP contribution < -0.4 is 0 Å². The van der Waals surface area contributed by atoms with Gasteiger partial charge in [-0.25, -0.2) is 0 Å². The Kier molecular flexibility index (Phi) is 6.52. The third-order valence-corrected chi connectivity index (χ3v) is 8.35. The maximum Gasteiger partial charge on any atom is 0.161 e. The van der Waals surface area contributed by atoms with Gasteiger partial charge in [-0.3, -0.25) is 9.69 Å². The van der Waals surface area contributed by atoms with Gasteiger partial charge in [0.1, 0.15) is 0 Å². The Hall–Kier alpha value is -1.91. The van der Waals surface area contributed by atoms with Crippen LogP contribution in [0.1, 0.15) is 61.4 Å². The molecule has 2 aliphatic heterocycles. The van der Waals surface area contributed by atoms with E-state index in [1.165, 1.54) is 50.6 Å². The van der Waals surface area contributed by atoms with Crippen molar-refractivity contribution < 1.29 is 4.79 Å². The minimum Gasteiger partial charge on any atom is -0.346 e. The molecule has 0 radical (unpaired) electrons. The largest absolute Gasteiger partial charge is 0.346 e. The number of nitrogens with zero attached hydrogens (tertiary/aromatic N) is 2. The zero-order valence-corrected chi connectivity index (χ0v) is 20.6. The van der Waals surface area contributed by atoms with E-state index in [0.29, 0.717) is 0 Å². The molecule has 168 valence electrons. The van der Waals surface area contributed by atoms with Gasteiger partial charge in [0.25, 0.3) is 0 Å². The van der Waals surface area contributed by atoms with Crippen LogP contribution in [-0.2, 0) is 13.0 Å². The predicted molar refractivity (Wildman–Crippen MR) is 135 cm³/mol. The molecule has 0 spiro atoms. The van der Waals surface area contributed by atoms with E-state index < -0.39 is 0 Å². The number of aryl methyl sites for hydroxylation is 2. The van der Waals surface area contributed by atoms with Crippen LogP contribution in [0.5, 0.6) is 0 Å². The average molecular weight is 493 g/mol. The van der Waals surface area contributed by atoms with E-state index in [1.54, 1.807) is 6.92 Å². The number of hydrogen-bond donors (Lipinski definition) is 0. The summed E-state index contributed by atoms with van der Waals surface area (Å²) >= 11 is 3.70. The number of carbonyl (C=O) groups excluding carboxylic acids is 1. The highest BCUT2D eigenvalue weighted by Crippen LogP contribution is 2.40. The zero-order valence-electron chi connectivity index (χ0n) is 19.0. The lowest BCUT2D eigenvalue weighted by molar-refractivity contribution is 0.0978. The van der Waals surface area contributed by atoms with Gasteiger partial charge in [0.15, 0.2) is 5.78 Å². The van der Waals surface area contributed by atoms with Crippen LogP contribution >= 0.6 is 15.9 Å². The molecule has 3 heterocycles. The van der Waals surface area contributed by atoms with E-state index in [4.69, 9.17) is 0 Å². The molecule has 3 atom stereocenters. The molecule has 2 aliphatic rings. The number of fused-ring (bicyclic) bond motifs is 3. The summed E-state index contributed by atoms with van der Waals surface area (Å²) in [6.45, 7) is 3.79. The van der Waals surface area contributed by atoms with Crippen LogP contribution in [0.25, 0.3) is 10.9 Å². The second-order valence-electron chi connectivity index (χ2n) is 9.77. The molecule has 5 rings (SSSR count). The molecular formula is C28H33BrN2O. The molecule has 0 unspecified atom stereocenters. The first kappa shape index (κ1) is 21.9. The SMILES string of the molecule is CC(=O)c1cn(CCCN2[C@@H]3CC[C@H]2C[C@@H](CCc2ccccc2)C3)c2c(Br)cccc12. The number of para-hydroxylation sites is 1. The van der Waals surface area contributed by atoms with Crippen molar-refractivity contribution in [3.05, 3.63) is 70.3 Å². The van der Waals surface area contributed by atoms with Crippen LogP contribution in [-0.4, -0.2) is 33.9 Å². The Morgan fingerprint density at radius 1 is 1.00 bits per heavy atom. The number of benzene rings is 2. The Labute approximate surface area is 199 Å². The van der Waals surface area contributed by atoms with Crippen LogP contribution in [0, 0.1) is 5.92 Å². The van der Waals surface area contributed by atoms with Gasteiger partial charge in [-0.2, -0.15) is 0 Å². The van der Waals surface area contributed by atoms with Gasteiger partial charge in [0.2, 0.25) is 0 Å². The fourth-order valence-electron chi connectivity index (χ4n) is 6.20. The molecule has 2 saturated heterocycles. The van der Waals surface area contributed by atoms with Crippen LogP contribution in [0.4, 0.5) is 0 Å². The van der Waals surface area contributed by atoms with Gasteiger partial charge >= 0.3 is 0 Å². The summed E-state index contributed by atoms with van der Waals surface area (Å²) in [5, 5.41) is 1.06. The van der Waals surface area contributed by atoms with Crippen molar-refractivity contribution in [3.63, 3.8) is 0 Å². The van der Waals surface area contributed by atoms with E-state index in [2.05, 4.69) is 74.1 Å². The molecular weight excluding hydrogens is 460 g/mol. The molecule has 1 aromatic heterocycles. The quantitative estimate of drug-likeness (QED) is 0.320. The minimum absolute atomic E-state index is 0.141. The molecule has 3 nitrogen and oxygen atoms in total. The second kappa shape index (κ2) is 9.52. The number of rotatable bonds is 8. The third kappa shape index (κ3) is 4.45. The first-order valence-electron chi connectivity index (χ1n) is 12.2. The Morgan fingerprint density at radius 2 is 1.75 bits per heavy atom. The van der Waals surface area contributed by atoms with Crippen molar-refractivity contribution in [2.24, 2.45) is 5.92 Å². The summed E-state index contributed by atoms with van der Waals surface area (Å²) in [6, 6.07) is 18.7. The highest BCUT2D eigenvalue weighted by Gasteiger charge is 2.39. The Balaban J connectivity index is 1.19. The van der Waals surface area contributed by atoms with Crippen LogP contribution in [0.15, 0.2) is 59.2 Å². The standard InChI is InChI=1S/C28H33BrN2O/c1-20(32)26-19-30(28-25(26)9-5-10-27(28)29)15-6-16-31-23-13-14-24(31)18-22(17-23)12-11-21-7-3-2-4-8-21/h2-5,7-10,19,22-24H,6,11-18H2,1H3/t22-,23+,24-. The highest BCUT2D eigenvalue weighted by molar-refractivity contribution is 9.10. The summed E-state index contributed by atoms with van der Waals surface area (Å²) in [5.74, 6) is 1.02. The van der Waals surface area contributed by atoms with E-state index in [1.807, 2.05) is 6.07 Å². The van der Waals surface area contributed by atoms with Crippen molar-refractivity contribution in [3.8, 4) is 0 Å². The van der Waals surface area contributed by atoms with E-state index in [-0.39, 0.29) is 5.78 Å². The number of piperidine rings is 1. The predicted octanol–water partition coefficient (Wildman–Crippen LogP) is 6.87. The molecule has 0 amide bonds. The van der Waals surface area contributed by atoms with Gasteiger partial charge in [0, 0.05) is 46.8 Å². The number of hydrogen-bond acceptors (Lipinski definition) is 2. The second-order valence-corrected chi connectivity index (χ2v) is 10.6. The first-order valence-corrected chi connectivity index (χ1v) is 13.0. The summed E-state index contributed by atoms with van der Waals surface area (Å²) in [5.41, 5.74) is 3.47. The Bertz CT molecular complexity index is 1080. The van der Waals surface area contributed by atoms with Gasteiger partial charge in [0.05, 0.1) is 5.52 Å². The first-order chi connectivity index (χ1) is 15.6. The van der Waals surface area contributed by atoms with Crippen molar-refractivity contribution >= 4 is 32.6 Å². The molecule has 2 bridgehead atoms. The van der Waals surface area contributed by atoms with Crippen molar-refractivity contribution in [1.82, 2.24) is 9.47 Å². The molecule has 2 aromatic carbocycles. The maximum atomic E-state index is 12.1. The number of aromatic nitrogens is 1. The van der Waals surface area contributed by atoms with Gasteiger partial charge in [-0.15, -0.1) is 0 Å². The molecule has 0 aliphatic carbocycles. The molecule has 4 heteroatoms. The lowest BCUT2D eigenvalue weighted by atomic mass is 9.86. The topological polar surface area (TPSA) is 25.2 Å². The fourth-order valence-corrected chi connectivity index (χ4v) is 6.79. The molecule has 2 fully saturated rings. The van der Waals surface area contributed by atoms with E-state index in [0.717, 1.165) is 51.9 Å². The number of Topliss-reactive ketones (excluding diaryl/α,β-unsaturated/α-hetero) is 1. The monoisotopic (exact) mass is 492 g/mol. The van der Waals surface area contributed by atoms with Gasteiger partial charge in [-0.1, -0.05) is 42.5 Å². The van der Waals surface area contributed by atoms with Crippen molar-refractivity contribution in [2.45, 2.75) is 70.5 Å². The number of ketones is 1. The molecule has 0 N–H and O–H groups in total. The van der Waals surface area contributed by atoms with Gasteiger partial charge in [-0.05, 0) is 85.3 Å². The molecule has 3 aromatic rings.